The quantitative estimate of drug-likeness (QED) is 0.771. The highest BCUT2D eigenvalue weighted by Gasteiger charge is 2.08. The van der Waals surface area contributed by atoms with Crippen LogP contribution in [-0.2, 0) is 6.54 Å². The SMILES string of the molecule is CCCCn1c(/C=C/c2cccc(O)c2)nc2ccccc2c1=O. The van der Waals surface area contributed by atoms with Crippen LogP contribution in [0.15, 0.2) is 53.3 Å². The number of aromatic nitrogens is 2. The molecule has 0 atom stereocenters. The van der Waals surface area contributed by atoms with Crippen molar-refractivity contribution in [1.82, 2.24) is 9.55 Å². The Morgan fingerprint density at radius 2 is 1.96 bits per heavy atom. The van der Waals surface area contributed by atoms with Gasteiger partial charge in [0, 0.05) is 6.54 Å². The van der Waals surface area contributed by atoms with Gasteiger partial charge >= 0.3 is 0 Å². The van der Waals surface area contributed by atoms with Crippen molar-refractivity contribution in [2.24, 2.45) is 0 Å². The van der Waals surface area contributed by atoms with Crippen LogP contribution < -0.4 is 5.56 Å². The molecule has 24 heavy (non-hydrogen) atoms. The predicted octanol–water partition coefficient (Wildman–Crippen LogP) is 4.07. The molecule has 0 unspecified atom stereocenters. The fourth-order valence-corrected chi connectivity index (χ4v) is 2.64. The molecule has 3 rings (SSSR count). The fourth-order valence-electron chi connectivity index (χ4n) is 2.64. The molecule has 1 aromatic heterocycles. The molecule has 1 N–H and O–H groups in total. The van der Waals surface area contributed by atoms with Gasteiger partial charge in [0.2, 0.25) is 0 Å². The van der Waals surface area contributed by atoms with Gasteiger partial charge in [0.25, 0.3) is 5.56 Å². The summed E-state index contributed by atoms with van der Waals surface area (Å²) in [6, 6.07) is 14.4. The zero-order valence-corrected chi connectivity index (χ0v) is 13.6. The maximum absolute atomic E-state index is 12.8. The Kier molecular flexibility index (Phi) is 4.75. The van der Waals surface area contributed by atoms with Gasteiger partial charge in [0.05, 0.1) is 10.9 Å². The van der Waals surface area contributed by atoms with Crippen molar-refractivity contribution in [3.63, 3.8) is 0 Å². The van der Waals surface area contributed by atoms with Crippen molar-refractivity contribution in [1.29, 1.82) is 0 Å². The monoisotopic (exact) mass is 320 g/mol. The van der Waals surface area contributed by atoms with E-state index in [4.69, 9.17) is 0 Å². The second-order valence-electron chi connectivity index (χ2n) is 5.73. The van der Waals surface area contributed by atoms with Gasteiger partial charge < -0.3 is 5.11 Å². The fraction of sp³-hybridized carbons (Fsp3) is 0.200. The summed E-state index contributed by atoms with van der Waals surface area (Å²) in [4.78, 5) is 17.4. The Bertz CT molecular complexity index is 942. The third-order valence-corrected chi connectivity index (χ3v) is 3.92. The van der Waals surface area contributed by atoms with Gasteiger partial charge in [-0.2, -0.15) is 0 Å². The van der Waals surface area contributed by atoms with Crippen molar-refractivity contribution < 1.29 is 5.11 Å². The molecule has 0 saturated heterocycles. The van der Waals surface area contributed by atoms with Gasteiger partial charge in [0.1, 0.15) is 11.6 Å². The molecule has 122 valence electrons. The summed E-state index contributed by atoms with van der Waals surface area (Å²) in [5.41, 5.74) is 1.55. The molecule has 0 amide bonds. The van der Waals surface area contributed by atoms with E-state index in [-0.39, 0.29) is 11.3 Å². The van der Waals surface area contributed by atoms with Crippen LogP contribution in [0.25, 0.3) is 23.1 Å². The summed E-state index contributed by atoms with van der Waals surface area (Å²) in [5.74, 6) is 0.850. The van der Waals surface area contributed by atoms with Crippen LogP contribution in [0, 0.1) is 0 Å². The number of nitrogens with zero attached hydrogens (tertiary/aromatic N) is 2. The second kappa shape index (κ2) is 7.13. The lowest BCUT2D eigenvalue weighted by atomic mass is 10.2. The summed E-state index contributed by atoms with van der Waals surface area (Å²) in [6.07, 6.45) is 5.62. The maximum Gasteiger partial charge on any atom is 0.261 e. The molecule has 2 aromatic carbocycles. The molecule has 0 aliphatic heterocycles. The number of benzene rings is 2. The minimum atomic E-state index is -0.00962. The van der Waals surface area contributed by atoms with Crippen LogP contribution in [-0.4, -0.2) is 14.7 Å². The third kappa shape index (κ3) is 3.38. The first kappa shape index (κ1) is 16.0. The number of para-hydroxylation sites is 1. The number of phenolic OH excluding ortho intramolecular Hbond substituents is 1. The lowest BCUT2D eigenvalue weighted by Crippen LogP contribution is -2.24. The minimum Gasteiger partial charge on any atom is -0.508 e. The highest BCUT2D eigenvalue weighted by Crippen LogP contribution is 2.15. The van der Waals surface area contributed by atoms with E-state index < -0.39 is 0 Å². The van der Waals surface area contributed by atoms with Crippen LogP contribution in [0.1, 0.15) is 31.2 Å². The van der Waals surface area contributed by atoms with E-state index >= 15 is 0 Å². The lowest BCUT2D eigenvalue weighted by Gasteiger charge is -2.10. The molecule has 0 spiro atoms. The van der Waals surface area contributed by atoms with Crippen LogP contribution in [0.5, 0.6) is 5.75 Å². The molecule has 4 nitrogen and oxygen atoms in total. The van der Waals surface area contributed by atoms with Crippen molar-refractivity contribution in [3.8, 4) is 5.75 Å². The van der Waals surface area contributed by atoms with Crippen molar-refractivity contribution in [2.45, 2.75) is 26.3 Å². The van der Waals surface area contributed by atoms with Crippen molar-refractivity contribution in [3.05, 3.63) is 70.3 Å². The van der Waals surface area contributed by atoms with Gasteiger partial charge in [-0.1, -0.05) is 43.7 Å². The molecule has 4 heteroatoms. The topological polar surface area (TPSA) is 55.1 Å². The molecule has 1 heterocycles. The predicted molar refractivity (Wildman–Crippen MR) is 97.9 cm³/mol. The largest absolute Gasteiger partial charge is 0.508 e. The Balaban J connectivity index is 2.09. The molecule has 0 radical (unpaired) electrons. The molecule has 0 aliphatic carbocycles. The van der Waals surface area contributed by atoms with Crippen LogP contribution in [0.2, 0.25) is 0 Å². The summed E-state index contributed by atoms with van der Waals surface area (Å²) >= 11 is 0. The van der Waals surface area contributed by atoms with Crippen molar-refractivity contribution >= 4 is 23.1 Å². The number of hydrogen-bond donors (Lipinski definition) is 1. The van der Waals surface area contributed by atoms with Crippen molar-refractivity contribution in [2.75, 3.05) is 0 Å². The highest BCUT2D eigenvalue weighted by atomic mass is 16.3. The van der Waals surface area contributed by atoms with Gasteiger partial charge in [0.15, 0.2) is 0 Å². The summed E-state index contributed by atoms with van der Waals surface area (Å²) in [5, 5.41) is 10.2. The van der Waals surface area contributed by atoms with Crippen LogP contribution in [0.4, 0.5) is 0 Å². The lowest BCUT2D eigenvalue weighted by molar-refractivity contribution is 0.475. The van der Waals surface area contributed by atoms with E-state index in [1.54, 1.807) is 22.8 Å². The van der Waals surface area contributed by atoms with Crippen LogP contribution >= 0.6 is 0 Å². The standard InChI is InChI=1S/C20H20N2O2/c1-2-3-13-22-19(12-11-15-7-6-8-16(23)14-15)21-18-10-5-4-9-17(18)20(22)24/h4-12,14,23H,2-3,13H2,1H3/b12-11+. The first-order valence-electron chi connectivity index (χ1n) is 8.15. The average molecular weight is 320 g/mol. The molecule has 0 aliphatic rings. The number of fused-ring (bicyclic) bond motifs is 1. The molecular weight excluding hydrogens is 300 g/mol. The van der Waals surface area contributed by atoms with Gasteiger partial charge in [-0.3, -0.25) is 9.36 Å². The normalized spacial score (nSPS) is 11.4. The average Bonchev–Trinajstić information content (AvgIpc) is 2.59. The molecular formula is C20H20N2O2. The first-order chi connectivity index (χ1) is 11.7. The molecule has 0 bridgehead atoms. The number of hydrogen-bond acceptors (Lipinski definition) is 3. The zero-order valence-electron chi connectivity index (χ0n) is 13.6. The number of unbranched alkanes of at least 4 members (excludes halogenated alkanes) is 1. The molecule has 0 saturated carbocycles. The Labute approximate surface area is 140 Å². The summed E-state index contributed by atoms with van der Waals surface area (Å²) in [7, 11) is 0. The summed E-state index contributed by atoms with van der Waals surface area (Å²) in [6.45, 7) is 2.74. The van der Waals surface area contributed by atoms with Gasteiger partial charge in [-0.05, 0) is 42.3 Å². The maximum atomic E-state index is 12.8. The van der Waals surface area contributed by atoms with Gasteiger partial charge in [-0.15, -0.1) is 0 Å². The van der Waals surface area contributed by atoms with E-state index in [9.17, 15) is 9.90 Å². The minimum absolute atomic E-state index is 0.00962. The Hall–Kier alpha value is -2.88. The van der Waals surface area contributed by atoms with E-state index in [0.717, 1.165) is 18.4 Å². The number of phenols is 1. The highest BCUT2D eigenvalue weighted by molar-refractivity contribution is 5.79. The number of rotatable bonds is 5. The number of aromatic hydroxyl groups is 1. The van der Waals surface area contributed by atoms with E-state index in [0.29, 0.717) is 23.3 Å². The van der Waals surface area contributed by atoms with Crippen LogP contribution in [0.3, 0.4) is 0 Å². The van der Waals surface area contributed by atoms with Gasteiger partial charge in [-0.25, -0.2) is 4.98 Å². The smallest absolute Gasteiger partial charge is 0.261 e. The zero-order chi connectivity index (χ0) is 16.9. The third-order valence-electron chi connectivity index (χ3n) is 3.92. The summed E-state index contributed by atoms with van der Waals surface area (Å²) < 4.78 is 1.73. The molecule has 3 aromatic rings. The molecule has 0 fully saturated rings. The first-order valence-corrected chi connectivity index (χ1v) is 8.15. The van der Waals surface area contributed by atoms with E-state index in [1.165, 1.54) is 0 Å². The second-order valence-corrected chi connectivity index (χ2v) is 5.73. The Morgan fingerprint density at radius 1 is 1.12 bits per heavy atom. The van der Waals surface area contributed by atoms with E-state index in [2.05, 4.69) is 11.9 Å². The van der Waals surface area contributed by atoms with E-state index in [1.807, 2.05) is 42.5 Å². The Morgan fingerprint density at radius 3 is 2.75 bits per heavy atom.